The fourth-order valence-corrected chi connectivity index (χ4v) is 2.52. The van der Waals surface area contributed by atoms with E-state index in [4.69, 9.17) is 0 Å². The van der Waals surface area contributed by atoms with E-state index in [-0.39, 0.29) is 6.04 Å². The molecule has 1 N–H and O–H groups in total. The van der Waals surface area contributed by atoms with Crippen LogP contribution in [0.4, 0.5) is 13.2 Å². The summed E-state index contributed by atoms with van der Waals surface area (Å²) in [6.07, 6.45) is -1.92. The second-order valence-corrected chi connectivity index (χ2v) is 4.97. The SMILES string of the molecule is CN[C@H](CN1CCCC1)c1cccc(C(F)(F)F)c1. The molecule has 1 heterocycles. The lowest BCUT2D eigenvalue weighted by atomic mass is 10.0. The number of likely N-dealkylation sites (tertiary alicyclic amines) is 1. The first-order valence-corrected chi connectivity index (χ1v) is 6.57. The summed E-state index contributed by atoms with van der Waals surface area (Å²) in [4.78, 5) is 2.29. The molecule has 0 amide bonds. The summed E-state index contributed by atoms with van der Waals surface area (Å²) in [5.74, 6) is 0. The molecule has 1 aliphatic rings. The zero-order valence-corrected chi connectivity index (χ0v) is 11.0. The Bertz CT molecular complexity index is 411. The highest BCUT2D eigenvalue weighted by atomic mass is 19.4. The molecule has 1 aromatic carbocycles. The first kappa shape index (κ1) is 14.3. The Hall–Kier alpha value is -1.07. The number of alkyl halides is 3. The first-order chi connectivity index (χ1) is 9.00. The molecule has 1 fully saturated rings. The largest absolute Gasteiger partial charge is 0.416 e. The average Bonchev–Trinajstić information content (AvgIpc) is 2.88. The molecule has 1 atom stereocenters. The minimum absolute atomic E-state index is 0.0552. The lowest BCUT2D eigenvalue weighted by Gasteiger charge is -2.24. The van der Waals surface area contributed by atoms with Gasteiger partial charge in [-0.1, -0.05) is 12.1 Å². The second-order valence-electron chi connectivity index (χ2n) is 4.97. The van der Waals surface area contributed by atoms with Crippen LogP contribution in [0.25, 0.3) is 0 Å². The van der Waals surface area contributed by atoms with Crippen molar-refractivity contribution in [1.82, 2.24) is 10.2 Å². The van der Waals surface area contributed by atoms with Crippen LogP contribution in [0.2, 0.25) is 0 Å². The molecule has 106 valence electrons. The Labute approximate surface area is 111 Å². The molecule has 2 nitrogen and oxygen atoms in total. The maximum Gasteiger partial charge on any atom is 0.416 e. The van der Waals surface area contributed by atoms with Crippen LogP contribution in [-0.4, -0.2) is 31.6 Å². The average molecular weight is 272 g/mol. The Morgan fingerprint density at radius 2 is 1.95 bits per heavy atom. The lowest BCUT2D eigenvalue weighted by molar-refractivity contribution is -0.137. The van der Waals surface area contributed by atoms with Gasteiger partial charge in [-0.25, -0.2) is 0 Å². The smallest absolute Gasteiger partial charge is 0.312 e. The van der Waals surface area contributed by atoms with Crippen LogP contribution < -0.4 is 5.32 Å². The van der Waals surface area contributed by atoms with E-state index in [0.717, 1.165) is 25.7 Å². The lowest BCUT2D eigenvalue weighted by Crippen LogP contribution is -2.32. The topological polar surface area (TPSA) is 15.3 Å². The molecule has 5 heteroatoms. The third-order valence-electron chi connectivity index (χ3n) is 3.60. The molecule has 2 rings (SSSR count). The van der Waals surface area contributed by atoms with E-state index in [9.17, 15) is 13.2 Å². The fraction of sp³-hybridized carbons (Fsp3) is 0.571. The van der Waals surface area contributed by atoms with Crippen molar-refractivity contribution in [2.45, 2.75) is 25.1 Å². The quantitative estimate of drug-likeness (QED) is 0.906. The molecule has 0 spiro atoms. The van der Waals surface area contributed by atoms with E-state index in [1.54, 1.807) is 13.1 Å². The molecule has 0 bridgehead atoms. The van der Waals surface area contributed by atoms with Gasteiger partial charge in [-0.15, -0.1) is 0 Å². The summed E-state index contributed by atoms with van der Waals surface area (Å²) < 4.78 is 38.1. The van der Waals surface area contributed by atoms with Gasteiger partial charge in [0.1, 0.15) is 0 Å². The molecule has 1 aliphatic heterocycles. The Kier molecular flexibility index (Phi) is 4.47. The predicted molar refractivity (Wildman–Crippen MR) is 68.9 cm³/mol. The highest BCUT2D eigenvalue weighted by Gasteiger charge is 2.31. The monoisotopic (exact) mass is 272 g/mol. The minimum atomic E-state index is -4.28. The van der Waals surface area contributed by atoms with Gasteiger partial charge < -0.3 is 10.2 Å². The summed E-state index contributed by atoms with van der Waals surface area (Å²) in [7, 11) is 1.79. The number of rotatable bonds is 4. The van der Waals surface area contributed by atoms with Crippen LogP contribution >= 0.6 is 0 Å². The summed E-state index contributed by atoms with van der Waals surface area (Å²) in [5.41, 5.74) is 0.121. The summed E-state index contributed by atoms with van der Waals surface area (Å²) in [6, 6.07) is 5.54. The molecular formula is C14H19F3N2. The zero-order chi connectivity index (χ0) is 13.9. The zero-order valence-electron chi connectivity index (χ0n) is 11.0. The number of benzene rings is 1. The van der Waals surface area contributed by atoms with Crippen LogP contribution in [0.15, 0.2) is 24.3 Å². The van der Waals surface area contributed by atoms with Crippen molar-refractivity contribution in [3.05, 3.63) is 35.4 Å². The van der Waals surface area contributed by atoms with Crippen molar-refractivity contribution in [3.63, 3.8) is 0 Å². The van der Waals surface area contributed by atoms with Crippen molar-refractivity contribution in [3.8, 4) is 0 Å². The van der Waals surface area contributed by atoms with E-state index < -0.39 is 11.7 Å². The van der Waals surface area contributed by atoms with Crippen LogP contribution in [0.1, 0.15) is 30.0 Å². The van der Waals surface area contributed by atoms with Crippen LogP contribution in [-0.2, 0) is 6.18 Å². The van der Waals surface area contributed by atoms with Gasteiger partial charge >= 0.3 is 6.18 Å². The van der Waals surface area contributed by atoms with Gasteiger partial charge in [-0.2, -0.15) is 13.2 Å². The molecule has 19 heavy (non-hydrogen) atoms. The minimum Gasteiger partial charge on any atom is -0.312 e. The first-order valence-electron chi connectivity index (χ1n) is 6.57. The van der Waals surface area contributed by atoms with Crippen LogP contribution in [0.5, 0.6) is 0 Å². The van der Waals surface area contributed by atoms with Gasteiger partial charge in [-0.3, -0.25) is 0 Å². The van der Waals surface area contributed by atoms with Crippen LogP contribution in [0.3, 0.4) is 0 Å². The Morgan fingerprint density at radius 3 is 2.53 bits per heavy atom. The molecular weight excluding hydrogens is 253 g/mol. The van der Waals surface area contributed by atoms with Crippen molar-refractivity contribution in [1.29, 1.82) is 0 Å². The molecule has 1 saturated heterocycles. The summed E-state index contributed by atoms with van der Waals surface area (Å²) in [5, 5.41) is 3.11. The van der Waals surface area contributed by atoms with Crippen LogP contribution in [0, 0.1) is 0 Å². The number of hydrogen-bond donors (Lipinski definition) is 1. The highest BCUT2D eigenvalue weighted by Crippen LogP contribution is 2.31. The van der Waals surface area contributed by atoms with E-state index >= 15 is 0 Å². The van der Waals surface area contributed by atoms with Crippen molar-refractivity contribution in [2.75, 3.05) is 26.7 Å². The number of hydrogen-bond acceptors (Lipinski definition) is 2. The van der Waals surface area contributed by atoms with Gasteiger partial charge in [0.25, 0.3) is 0 Å². The second kappa shape index (κ2) is 5.92. The van der Waals surface area contributed by atoms with E-state index in [1.807, 2.05) is 0 Å². The molecule has 1 aromatic rings. The van der Waals surface area contributed by atoms with E-state index in [2.05, 4.69) is 10.2 Å². The molecule has 0 saturated carbocycles. The maximum atomic E-state index is 12.7. The maximum absolute atomic E-state index is 12.7. The van der Waals surface area contributed by atoms with Crippen molar-refractivity contribution < 1.29 is 13.2 Å². The third kappa shape index (κ3) is 3.70. The normalized spacial score (nSPS) is 18.7. The van der Waals surface area contributed by atoms with Gasteiger partial charge in [-0.05, 0) is 50.7 Å². The third-order valence-corrected chi connectivity index (χ3v) is 3.60. The Balaban J connectivity index is 2.13. The Morgan fingerprint density at radius 1 is 1.26 bits per heavy atom. The molecule has 0 aromatic heterocycles. The fourth-order valence-electron chi connectivity index (χ4n) is 2.52. The van der Waals surface area contributed by atoms with Gasteiger partial charge in [0.2, 0.25) is 0 Å². The van der Waals surface area contributed by atoms with E-state index in [0.29, 0.717) is 5.56 Å². The highest BCUT2D eigenvalue weighted by molar-refractivity contribution is 5.28. The molecule has 0 radical (unpaired) electrons. The predicted octanol–water partition coefficient (Wildman–Crippen LogP) is 3.06. The summed E-state index contributed by atoms with van der Waals surface area (Å²) >= 11 is 0. The van der Waals surface area contributed by atoms with Gasteiger partial charge in [0.05, 0.1) is 5.56 Å². The number of nitrogens with one attached hydrogen (secondary N) is 1. The van der Waals surface area contributed by atoms with Crippen molar-refractivity contribution in [2.24, 2.45) is 0 Å². The van der Waals surface area contributed by atoms with E-state index in [1.165, 1.54) is 25.0 Å². The molecule has 0 unspecified atom stereocenters. The summed E-state index contributed by atoms with van der Waals surface area (Å²) in [6.45, 7) is 2.84. The number of likely N-dealkylation sites (N-methyl/N-ethyl adjacent to an activating group) is 1. The standard InChI is InChI=1S/C14H19F3N2/c1-18-13(10-19-7-2-3-8-19)11-5-4-6-12(9-11)14(15,16)17/h4-6,9,13,18H,2-3,7-8,10H2,1H3/t13-/m1/s1. The number of nitrogens with zero attached hydrogens (tertiary/aromatic N) is 1. The van der Waals surface area contributed by atoms with Crippen molar-refractivity contribution >= 4 is 0 Å². The molecule has 0 aliphatic carbocycles. The van der Waals surface area contributed by atoms with Gasteiger partial charge in [0.15, 0.2) is 0 Å². The number of halogens is 3. The van der Waals surface area contributed by atoms with Gasteiger partial charge in [0, 0.05) is 12.6 Å².